The summed E-state index contributed by atoms with van der Waals surface area (Å²) < 4.78 is 5.73. The Hall–Kier alpha value is -0.940. The van der Waals surface area contributed by atoms with Crippen LogP contribution in [0.15, 0.2) is 30.3 Å². The van der Waals surface area contributed by atoms with E-state index >= 15 is 0 Å². The van der Waals surface area contributed by atoms with Crippen LogP contribution in [0.25, 0.3) is 0 Å². The summed E-state index contributed by atoms with van der Waals surface area (Å²) in [5.74, 6) is 1.67. The molecule has 1 saturated heterocycles. The van der Waals surface area contributed by atoms with E-state index in [0.717, 1.165) is 31.5 Å². The smallest absolute Gasteiger partial charge is 0.0717 e. The van der Waals surface area contributed by atoms with Crippen molar-refractivity contribution in [3.8, 4) is 0 Å². The first-order chi connectivity index (χ1) is 12.8. The van der Waals surface area contributed by atoms with E-state index < -0.39 is 0 Å². The molecule has 1 saturated carbocycles. The third-order valence-electron chi connectivity index (χ3n) is 6.14. The summed E-state index contributed by atoms with van der Waals surface area (Å²) in [6.07, 6.45) is 7.84. The van der Waals surface area contributed by atoms with Crippen molar-refractivity contribution >= 4 is 0 Å². The molecule has 26 heavy (non-hydrogen) atoms. The lowest BCUT2D eigenvalue weighted by atomic mass is 9.81. The Bertz CT molecular complexity index is 488. The average Bonchev–Trinajstić information content (AvgIpc) is 3.14. The molecule has 1 heterocycles. The molecule has 2 aliphatic rings. The summed E-state index contributed by atoms with van der Waals surface area (Å²) in [7, 11) is 0. The van der Waals surface area contributed by atoms with Crippen LogP contribution in [0, 0.1) is 11.8 Å². The summed E-state index contributed by atoms with van der Waals surface area (Å²) in [5.41, 5.74) is 1.24. The topological polar surface area (TPSA) is 44.7 Å². The largest absolute Gasteiger partial charge is 0.395 e. The molecule has 3 rings (SSSR count). The number of aliphatic hydroxyl groups excluding tert-OH is 1. The number of hydrogen-bond acceptors (Lipinski definition) is 4. The van der Waals surface area contributed by atoms with Gasteiger partial charge in [0.25, 0.3) is 0 Å². The molecule has 0 bridgehead atoms. The highest BCUT2D eigenvalue weighted by Crippen LogP contribution is 2.30. The standard InChI is InChI=1S/C22H36N2O2/c25-17-22-7-4-13-24(22)16-20-10-8-19(9-11-20)15-23-12-14-26-18-21-5-2-1-3-6-21/h1-3,5-6,19-20,22-23,25H,4,7-18H2. The number of ether oxygens (including phenoxy) is 1. The zero-order valence-electron chi connectivity index (χ0n) is 16.1. The van der Waals surface area contributed by atoms with Crippen LogP contribution in [0.4, 0.5) is 0 Å². The monoisotopic (exact) mass is 360 g/mol. The molecule has 0 aromatic heterocycles. The van der Waals surface area contributed by atoms with Crippen molar-refractivity contribution in [2.45, 2.75) is 51.2 Å². The summed E-state index contributed by atoms with van der Waals surface area (Å²) in [4.78, 5) is 2.54. The number of nitrogens with zero attached hydrogens (tertiary/aromatic N) is 1. The summed E-state index contributed by atoms with van der Waals surface area (Å²) in [6.45, 7) is 6.30. The van der Waals surface area contributed by atoms with Gasteiger partial charge in [-0.05, 0) is 69.0 Å². The van der Waals surface area contributed by atoms with Gasteiger partial charge >= 0.3 is 0 Å². The molecule has 0 radical (unpaired) electrons. The maximum Gasteiger partial charge on any atom is 0.0717 e. The number of aliphatic hydroxyl groups is 1. The van der Waals surface area contributed by atoms with Gasteiger partial charge in [0.05, 0.1) is 19.8 Å². The molecule has 1 aromatic carbocycles. The first-order valence-electron chi connectivity index (χ1n) is 10.5. The zero-order valence-corrected chi connectivity index (χ0v) is 16.1. The lowest BCUT2D eigenvalue weighted by Crippen LogP contribution is -2.38. The number of rotatable bonds is 10. The van der Waals surface area contributed by atoms with Crippen molar-refractivity contribution in [3.05, 3.63) is 35.9 Å². The fourth-order valence-electron chi connectivity index (χ4n) is 4.51. The van der Waals surface area contributed by atoms with Crippen molar-refractivity contribution in [2.24, 2.45) is 11.8 Å². The van der Waals surface area contributed by atoms with E-state index in [2.05, 4.69) is 34.5 Å². The minimum absolute atomic E-state index is 0.339. The van der Waals surface area contributed by atoms with E-state index in [4.69, 9.17) is 4.74 Å². The van der Waals surface area contributed by atoms with E-state index in [1.54, 1.807) is 0 Å². The third kappa shape index (κ3) is 6.34. The van der Waals surface area contributed by atoms with Gasteiger partial charge in [-0.2, -0.15) is 0 Å². The van der Waals surface area contributed by atoms with E-state index in [9.17, 15) is 5.11 Å². The van der Waals surface area contributed by atoms with Crippen LogP contribution in [-0.4, -0.2) is 55.4 Å². The Labute approximate surface area is 158 Å². The van der Waals surface area contributed by atoms with Gasteiger partial charge in [0.2, 0.25) is 0 Å². The fourth-order valence-corrected chi connectivity index (χ4v) is 4.51. The maximum absolute atomic E-state index is 9.47. The van der Waals surface area contributed by atoms with Gasteiger partial charge in [-0.3, -0.25) is 4.90 Å². The van der Waals surface area contributed by atoms with Crippen LogP contribution in [0.2, 0.25) is 0 Å². The van der Waals surface area contributed by atoms with Crippen LogP contribution in [0.5, 0.6) is 0 Å². The van der Waals surface area contributed by atoms with Gasteiger partial charge in [0, 0.05) is 19.1 Å². The van der Waals surface area contributed by atoms with Crippen molar-refractivity contribution in [2.75, 3.05) is 39.4 Å². The van der Waals surface area contributed by atoms with Crippen LogP contribution in [0.3, 0.4) is 0 Å². The second kappa shape index (κ2) is 11.0. The van der Waals surface area contributed by atoms with Gasteiger partial charge in [-0.1, -0.05) is 30.3 Å². The first kappa shape index (κ1) is 19.8. The Morgan fingerprint density at radius 3 is 2.58 bits per heavy atom. The van der Waals surface area contributed by atoms with E-state index in [1.165, 1.54) is 57.2 Å². The van der Waals surface area contributed by atoms with E-state index in [-0.39, 0.29) is 0 Å². The van der Waals surface area contributed by atoms with Gasteiger partial charge in [-0.25, -0.2) is 0 Å². The van der Waals surface area contributed by atoms with Gasteiger partial charge in [-0.15, -0.1) is 0 Å². The second-order valence-corrected chi connectivity index (χ2v) is 8.10. The van der Waals surface area contributed by atoms with Crippen LogP contribution in [0.1, 0.15) is 44.1 Å². The Balaban J connectivity index is 1.21. The molecule has 4 nitrogen and oxygen atoms in total. The predicted molar refractivity (Wildman–Crippen MR) is 106 cm³/mol. The second-order valence-electron chi connectivity index (χ2n) is 8.10. The molecule has 4 heteroatoms. The molecule has 146 valence electrons. The summed E-state index contributed by atoms with van der Waals surface area (Å²) >= 11 is 0. The minimum Gasteiger partial charge on any atom is -0.395 e. The molecule has 1 aliphatic carbocycles. The normalized spacial score (nSPS) is 27.0. The number of nitrogens with one attached hydrogen (secondary N) is 1. The molecule has 1 aliphatic heterocycles. The number of benzene rings is 1. The highest BCUT2D eigenvalue weighted by molar-refractivity contribution is 5.13. The van der Waals surface area contributed by atoms with Crippen molar-refractivity contribution in [1.29, 1.82) is 0 Å². The highest BCUT2D eigenvalue weighted by Gasteiger charge is 2.28. The molecular formula is C22H36N2O2. The highest BCUT2D eigenvalue weighted by atomic mass is 16.5. The van der Waals surface area contributed by atoms with Crippen molar-refractivity contribution < 1.29 is 9.84 Å². The van der Waals surface area contributed by atoms with Crippen LogP contribution < -0.4 is 5.32 Å². The lowest BCUT2D eigenvalue weighted by Gasteiger charge is -2.33. The minimum atomic E-state index is 0.339. The molecule has 1 atom stereocenters. The number of hydrogen-bond donors (Lipinski definition) is 2. The lowest BCUT2D eigenvalue weighted by molar-refractivity contribution is 0.117. The molecule has 2 N–H and O–H groups in total. The number of likely N-dealkylation sites (tertiary alicyclic amines) is 1. The van der Waals surface area contributed by atoms with Crippen LogP contribution in [-0.2, 0) is 11.3 Å². The average molecular weight is 361 g/mol. The zero-order chi connectivity index (χ0) is 18.0. The fraction of sp³-hybridized carbons (Fsp3) is 0.727. The van der Waals surface area contributed by atoms with Crippen LogP contribution >= 0.6 is 0 Å². The molecule has 2 fully saturated rings. The summed E-state index contributed by atoms with van der Waals surface area (Å²) in [5, 5.41) is 13.0. The van der Waals surface area contributed by atoms with Gasteiger partial charge in [0.1, 0.15) is 0 Å². The summed E-state index contributed by atoms with van der Waals surface area (Å²) in [6, 6.07) is 10.8. The van der Waals surface area contributed by atoms with E-state index in [1.807, 2.05) is 6.07 Å². The molecule has 1 aromatic rings. The van der Waals surface area contributed by atoms with Crippen molar-refractivity contribution in [1.82, 2.24) is 10.2 Å². The van der Waals surface area contributed by atoms with Gasteiger partial charge < -0.3 is 15.2 Å². The quantitative estimate of drug-likeness (QED) is 0.630. The Kier molecular flexibility index (Phi) is 8.40. The van der Waals surface area contributed by atoms with E-state index in [0.29, 0.717) is 19.3 Å². The van der Waals surface area contributed by atoms with Crippen molar-refractivity contribution in [3.63, 3.8) is 0 Å². The maximum atomic E-state index is 9.47. The molecule has 0 amide bonds. The molecular weight excluding hydrogens is 324 g/mol. The molecule has 0 spiro atoms. The Morgan fingerprint density at radius 2 is 1.81 bits per heavy atom. The third-order valence-corrected chi connectivity index (χ3v) is 6.14. The Morgan fingerprint density at radius 1 is 1.04 bits per heavy atom. The van der Waals surface area contributed by atoms with Gasteiger partial charge in [0.15, 0.2) is 0 Å². The SMILES string of the molecule is OCC1CCCN1CC1CCC(CNCCOCc2ccccc2)CC1. The predicted octanol–water partition coefficient (Wildman–Crippen LogP) is 3.06. The molecule has 1 unspecified atom stereocenters. The first-order valence-corrected chi connectivity index (χ1v) is 10.5.